The van der Waals surface area contributed by atoms with Gasteiger partial charge in [0.1, 0.15) is 0 Å². The van der Waals surface area contributed by atoms with Crippen LogP contribution >= 0.6 is 0 Å². The van der Waals surface area contributed by atoms with E-state index in [1.165, 1.54) is 12.8 Å². The van der Waals surface area contributed by atoms with E-state index in [4.69, 9.17) is 4.74 Å². The molecule has 0 aliphatic carbocycles. The van der Waals surface area contributed by atoms with Crippen molar-refractivity contribution < 1.29 is 4.74 Å². The molecule has 0 amide bonds. The summed E-state index contributed by atoms with van der Waals surface area (Å²) in [4.78, 5) is 0. The molecule has 0 saturated carbocycles. The van der Waals surface area contributed by atoms with Gasteiger partial charge in [-0.2, -0.15) is 0 Å². The molecule has 0 rings (SSSR count). The molecule has 0 N–H and O–H groups in total. The highest BCUT2D eigenvalue weighted by Gasteiger charge is 2.28. The fraction of sp³-hybridized carbons (Fsp3) is 1.00. The molecule has 0 aromatic rings. The van der Waals surface area contributed by atoms with Crippen LogP contribution in [0.15, 0.2) is 0 Å². The van der Waals surface area contributed by atoms with Crippen molar-refractivity contribution in [1.29, 1.82) is 0 Å². The summed E-state index contributed by atoms with van der Waals surface area (Å²) < 4.78 is 6.48. The van der Waals surface area contributed by atoms with Crippen LogP contribution in [0.2, 0.25) is 0 Å². The second kappa shape index (κ2) is 8.13. The SMILES string of the molecule is CCC(C)C(OC(C(C)C)C(C)CC)C(C)C. The first-order valence-corrected chi connectivity index (χ1v) is 7.50. The van der Waals surface area contributed by atoms with E-state index in [1.54, 1.807) is 0 Å². The molecule has 0 fully saturated rings. The summed E-state index contributed by atoms with van der Waals surface area (Å²) in [6.07, 6.45) is 3.21. The minimum atomic E-state index is 0.404. The van der Waals surface area contributed by atoms with Crippen LogP contribution in [0.3, 0.4) is 0 Å². The lowest BCUT2D eigenvalue weighted by molar-refractivity contribution is -0.103. The molecule has 0 bridgehead atoms. The zero-order chi connectivity index (χ0) is 13.6. The molecule has 1 nitrogen and oxygen atoms in total. The molecule has 0 spiro atoms. The second-order valence-corrected chi connectivity index (χ2v) is 6.32. The first kappa shape index (κ1) is 17.0. The summed E-state index contributed by atoms with van der Waals surface area (Å²) in [5.74, 6) is 2.52. The van der Waals surface area contributed by atoms with Crippen LogP contribution in [0, 0.1) is 23.7 Å². The highest BCUT2D eigenvalue weighted by atomic mass is 16.5. The lowest BCUT2D eigenvalue weighted by atomic mass is 9.89. The maximum Gasteiger partial charge on any atom is 0.0627 e. The zero-order valence-electron chi connectivity index (χ0n) is 13.3. The molecule has 0 aliphatic heterocycles. The fourth-order valence-corrected chi connectivity index (χ4v) is 2.54. The fourth-order valence-electron chi connectivity index (χ4n) is 2.54. The van der Waals surface area contributed by atoms with Gasteiger partial charge in [0.25, 0.3) is 0 Å². The Hall–Kier alpha value is -0.0400. The first-order chi connectivity index (χ1) is 7.84. The number of rotatable bonds is 8. The maximum atomic E-state index is 6.48. The van der Waals surface area contributed by atoms with E-state index >= 15 is 0 Å². The standard InChI is InChI=1S/C16H34O/c1-9-13(7)15(11(3)4)17-16(12(5)6)14(8)10-2/h11-16H,9-10H2,1-8H3. The first-order valence-electron chi connectivity index (χ1n) is 7.50. The Morgan fingerprint density at radius 3 is 1.12 bits per heavy atom. The molecule has 4 unspecified atom stereocenters. The molecule has 0 aliphatic rings. The topological polar surface area (TPSA) is 9.23 Å². The van der Waals surface area contributed by atoms with Gasteiger partial charge in [0, 0.05) is 0 Å². The molecule has 0 heterocycles. The van der Waals surface area contributed by atoms with Crippen LogP contribution in [0.1, 0.15) is 68.2 Å². The van der Waals surface area contributed by atoms with Gasteiger partial charge in [-0.15, -0.1) is 0 Å². The molecule has 1 heteroatoms. The number of hydrogen-bond donors (Lipinski definition) is 0. The van der Waals surface area contributed by atoms with Gasteiger partial charge in [-0.1, -0.05) is 68.2 Å². The van der Waals surface area contributed by atoms with Crippen molar-refractivity contribution >= 4 is 0 Å². The van der Waals surface area contributed by atoms with Crippen molar-refractivity contribution in [2.24, 2.45) is 23.7 Å². The maximum absolute atomic E-state index is 6.48. The van der Waals surface area contributed by atoms with E-state index in [-0.39, 0.29) is 0 Å². The number of hydrogen-bond acceptors (Lipinski definition) is 1. The van der Waals surface area contributed by atoms with Gasteiger partial charge in [0.15, 0.2) is 0 Å². The molecule has 0 saturated heterocycles. The summed E-state index contributed by atoms with van der Waals surface area (Å²) in [6.45, 7) is 18.3. The molecular weight excluding hydrogens is 208 g/mol. The smallest absolute Gasteiger partial charge is 0.0627 e. The highest BCUT2D eigenvalue weighted by molar-refractivity contribution is 4.76. The van der Waals surface area contributed by atoms with Crippen LogP contribution in [-0.4, -0.2) is 12.2 Å². The average molecular weight is 242 g/mol. The Morgan fingerprint density at radius 1 is 0.647 bits per heavy atom. The predicted molar refractivity (Wildman–Crippen MR) is 77.2 cm³/mol. The molecule has 0 aromatic heterocycles. The van der Waals surface area contributed by atoms with Gasteiger partial charge in [-0.25, -0.2) is 0 Å². The van der Waals surface area contributed by atoms with Crippen molar-refractivity contribution in [2.45, 2.75) is 80.4 Å². The van der Waals surface area contributed by atoms with Gasteiger partial charge in [0.05, 0.1) is 12.2 Å². The summed E-state index contributed by atoms with van der Waals surface area (Å²) in [5.41, 5.74) is 0. The van der Waals surface area contributed by atoms with Crippen LogP contribution in [0.25, 0.3) is 0 Å². The molecule has 0 aromatic carbocycles. The second-order valence-electron chi connectivity index (χ2n) is 6.32. The molecular formula is C16H34O. The Labute approximate surface area is 109 Å². The van der Waals surface area contributed by atoms with E-state index < -0.39 is 0 Å². The third kappa shape index (κ3) is 5.42. The summed E-state index contributed by atoms with van der Waals surface area (Å²) in [6, 6.07) is 0. The van der Waals surface area contributed by atoms with E-state index in [2.05, 4.69) is 55.4 Å². The minimum Gasteiger partial charge on any atom is -0.374 e. The van der Waals surface area contributed by atoms with E-state index in [0.29, 0.717) is 35.9 Å². The van der Waals surface area contributed by atoms with Gasteiger partial charge in [-0.3, -0.25) is 0 Å². The lowest BCUT2D eigenvalue weighted by Crippen LogP contribution is -2.37. The van der Waals surface area contributed by atoms with E-state index in [9.17, 15) is 0 Å². The molecule has 17 heavy (non-hydrogen) atoms. The normalized spacial score (nSPS) is 19.4. The van der Waals surface area contributed by atoms with Crippen molar-refractivity contribution in [3.63, 3.8) is 0 Å². The van der Waals surface area contributed by atoms with E-state index in [0.717, 1.165) is 0 Å². The average Bonchev–Trinajstić information content (AvgIpc) is 2.27. The molecule has 104 valence electrons. The van der Waals surface area contributed by atoms with Crippen LogP contribution in [0.5, 0.6) is 0 Å². The van der Waals surface area contributed by atoms with Crippen molar-refractivity contribution in [1.82, 2.24) is 0 Å². The van der Waals surface area contributed by atoms with Crippen LogP contribution < -0.4 is 0 Å². The van der Waals surface area contributed by atoms with E-state index in [1.807, 2.05) is 0 Å². The minimum absolute atomic E-state index is 0.404. The quantitative estimate of drug-likeness (QED) is 0.572. The largest absolute Gasteiger partial charge is 0.374 e. The van der Waals surface area contributed by atoms with Gasteiger partial charge in [0.2, 0.25) is 0 Å². The highest BCUT2D eigenvalue weighted by Crippen LogP contribution is 2.27. The lowest BCUT2D eigenvalue weighted by Gasteiger charge is -2.36. The monoisotopic (exact) mass is 242 g/mol. The third-order valence-electron chi connectivity index (χ3n) is 4.04. The summed E-state index contributed by atoms with van der Waals surface area (Å²) in [5, 5.41) is 0. The summed E-state index contributed by atoms with van der Waals surface area (Å²) >= 11 is 0. The van der Waals surface area contributed by atoms with Gasteiger partial charge >= 0.3 is 0 Å². The predicted octanol–water partition coefficient (Wildman–Crippen LogP) is 5.14. The van der Waals surface area contributed by atoms with Crippen molar-refractivity contribution in [3.8, 4) is 0 Å². The van der Waals surface area contributed by atoms with Gasteiger partial charge < -0.3 is 4.74 Å². The van der Waals surface area contributed by atoms with Crippen LogP contribution in [0.4, 0.5) is 0 Å². The zero-order valence-corrected chi connectivity index (χ0v) is 13.3. The molecule has 4 atom stereocenters. The van der Waals surface area contributed by atoms with Crippen LogP contribution in [-0.2, 0) is 4.74 Å². The Balaban J connectivity index is 4.68. The Bertz CT molecular complexity index is 166. The Kier molecular flexibility index (Phi) is 8.11. The molecule has 0 radical (unpaired) electrons. The van der Waals surface area contributed by atoms with Crippen molar-refractivity contribution in [3.05, 3.63) is 0 Å². The third-order valence-corrected chi connectivity index (χ3v) is 4.04. The Morgan fingerprint density at radius 2 is 0.941 bits per heavy atom. The summed E-state index contributed by atoms with van der Waals surface area (Å²) in [7, 11) is 0. The van der Waals surface area contributed by atoms with Gasteiger partial charge in [-0.05, 0) is 23.7 Å². The number of ether oxygens (including phenoxy) is 1. The van der Waals surface area contributed by atoms with Crippen molar-refractivity contribution in [2.75, 3.05) is 0 Å².